The number of hydrogen-bond acceptors (Lipinski definition) is 1. The highest BCUT2D eigenvalue weighted by atomic mass is 79.9. The van der Waals surface area contributed by atoms with Gasteiger partial charge in [-0.15, -0.1) is 0 Å². The largest absolute Gasteiger partial charge is 0.337 e. The monoisotopic (exact) mass is 395 g/mol. The van der Waals surface area contributed by atoms with E-state index in [2.05, 4.69) is 63.0 Å². The van der Waals surface area contributed by atoms with E-state index >= 15 is 0 Å². The van der Waals surface area contributed by atoms with E-state index in [-0.39, 0.29) is 5.91 Å². The van der Waals surface area contributed by atoms with Crippen LogP contribution < -0.4 is 0 Å². The molecule has 0 aromatic heterocycles. The molecule has 2 aromatic rings. The number of hydrogen-bond donors (Lipinski definition) is 0. The molecule has 20 heavy (non-hydrogen) atoms. The molecule has 0 aliphatic carbocycles. The van der Waals surface area contributed by atoms with Crippen LogP contribution in [0, 0.1) is 6.92 Å². The highest BCUT2D eigenvalue weighted by Crippen LogP contribution is 2.21. The second kappa shape index (κ2) is 6.55. The fourth-order valence-electron chi connectivity index (χ4n) is 1.94. The van der Waals surface area contributed by atoms with E-state index in [1.54, 1.807) is 4.90 Å². The summed E-state index contributed by atoms with van der Waals surface area (Å²) >= 11 is 6.81. The molecule has 104 valence electrons. The van der Waals surface area contributed by atoms with Crippen LogP contribution in [0.2, 0.25) is 0 Å². The molecule has 0 saturated heterocycles. The normalized spacial score (nSPS) is 10.4. The van der Waals surface area contributed by atoms with Crippen molar-refractivity contribution >= 4 is 37.8 Å². The lowest BCUT2D eigenvalue weighted by atomic mass is 10.1. The summed E-state index contributed by atoms with van der Waals surface area (Å²) < 4.78 is 1.78. The topological polar surface area (TPSA) is 20.3 Å². The number of aryl methyl sites for hydroxylation is 1. The number of halogens is 2. The third-order valence-corrected chi connectivity index (χ3v) is 3.91. The first kappa shape index (κ1) is 15.3. The van der Waals surface area contributed by atoms with E-state index in [1.165, 1.54) is 5.56 Å². The first-order valence-electron chi connectivity index (χ1n) is 6.23. The molecule has 0 unspecified atom stereocenters. The molecule has 2 rings (SSSR count). The first-order chi connectivity index (χ1) is 9.45. The van der Waals surface area contributed by atoms with Gasteiger partial charge in [0.05, 0.1) is 0 Å². The van der Waals surface area contributed by atoms with Gasteiger partial charge in [0.15, 0.2) is 0 Å². The van der Waals surface area contributed by atoms with Gasteiger partial charge >= 0.3 is 0 Å². The standard InChI is InChI=1S/C16H15Br2NO/c1-11-3-5-12(6-4-11)10-19(2)16(20)13-7-14(17)9-15(18)8-13/h3-9H,10H2,1-2H3. The number of carbonyl (C=O) groups is 1. The molecule has 0 radical (unpaired) electrons. The van der Waals surface area contributed by atoms with Crippen LogP contribution in [0.4, 0.5) is 0 Å². The molecule has 1 amide bonds. The molecule has 0 spiro atoms. The molecule has 0 aliphatic heterocycles. The smallest absolute Gasteiger partial charge is 0.253 e. The predicted octanol–water partition coefficient (Wildman–Crippen LogP) is 4.79. The lowest BCUT2D eigenvalue weighted by molar-refractivity contribution is 0.0785. The third-order valence-electron chi connectivity index (χ3n) is 3.00. The van der Waals surface area contributed by atoms with Gasteiger partial charge in [0.2, 0.25) is 0 Å². The zero-order chi connectivity index (χ0) is 14.7. The molecule has 0 N–H and O–H groups in total. The summed E-state index contributed by atoms with van der Waals surface area (Å²) in [5.41, 5.74) is 3.01. The Morgan fingerprint density at radius 1 is 1.05 bits per heavy atom. The maximum absolute atomic E-state index is 12.4. The summed E-state index contributed by atoms with van der Waals surface area (Å²) in [4.78, 5) is 14.1. The van der Waals surface area contributed by atoms with Crippen molar-refractivity contribution in [2.75, 3.05) is 7.05 Å². The van der Waals surface area contributed by atoms with Crippen LogP contribution in [0.25, 0.3) is 0 Å². The molecule has 0 atom stereocenters. The Morgan fingerprint density at radius 2 is 1.60 bits per heavy atom. The van der Waals surface area contributed by atoms with Gasteiger partial charge in [-0.3, -0.25) is 4.79 Å². The zero-order valence-corrected chi connectivity index (χ0v) is 14.5. The minimum absolute atomic E-state index is 0.00701. The molecule has 0 saturated carbocycles. The van der Waals surface area contributed by atoms with Crippen molar-refractivity contribution in [2.45, 2.75) is 13.5 Å². The summed E-state index contributed by atoms with van der Waals surface area (Å²) in [7, 11) is 1.82. The van der Waals surface area contributed by atoms with E-state index in [4.69, 9.17) is 0 Å². The van der Waals surface area contributed by atoms with Crippen molar-refractivity contribution in [3.8, 4) is 0 Å². The number of rotatable bonds is 3. The molecule has 0 fully saturated rings. The van der Waals surface area contributed by atoms with Gasteiger partial charge in [0.25, 0.3) is 5.91 Å². The van der Waals surface area contributed by atoms with Crippen LogP contribution in [0.15, 0.2) is 51.4 Å². The molecule has 2 nitrogen and oxygen atoms in total. The molecule has 0 heterocycles. The Bertz CT molecular complexity index is 603. The van der Waals surface area contributed by atoms with E-state index < -0.39 is 0 Å². The summed E-state index contributed by atoms with van der Waals surface area (Å²) in [6, 6.07) is 13.8. The van der Waals surface area contributed by atoms with Crippen LogP contribution in [-0.4, -0.2) is 17.9 Å². The van der Waals surface area contributed by atoms with Gasteiger partial charge in [-0.2, -0.15) is 0 Å². The minimum atomic E-state index is 0.00701. The van der Waals surface area contributed by atoms with Gasteiger partial charge in [0.1, 0.15) is 0 Å². The van der Waals surface area contributed by atoms with E-state index in [9.17, 15) is 4.79 Å². The fourth-order valence-corrected chi connectivity index (χ4v) is 3.23. The van der Waals surface area contributed by atoms with Gasteiger partial charge in [-0.05, 0) is 30.7 Å². The highest BCUT2D eigenvalue weighted by molar-refractivity contribution is 9.11. The van der Waals surface area contributed by atoms with Crippen molar-refractivity contribution in [1.82, 2.24) is 4.90 Å². The summed E-state index contributed by atoms with van der Waals surface area (Å²) in [5, 5.41) is 0. The average Bonchev–Trinajstić information content (AvgIpc) is 2.39. The Kier molecular flexibility index (Phi) is 5.00. The van der Waals surface area contributed by atoms with Crippen molar-refractivity contribution in [1.29, 1.82) is 0 Å². The predicted molar refractivity (Wildman–Crippen MR) is 88.8 cm³/mol. The SMILES string of the molecule is Cc1ccc(CN(C)C(=O)c2cc(Br)cc(Br)c2)cc1. The summed E-state index contributed by atoms with van der Waals surface area (Å²) in [6.07, 6.45) is 0. The third kappa shape index (κ3) is 3.93. The van der Waals surface area contributed by atoms with Gasteiger partial charge in [0, 0.05) is 28.1 Å². The van der Waals surface area contributed by atoms with Crippen LogP contribution in [0.3, 0.4) is 0 Å². The van der Waals surface area contributed by atoms with Gasteiger partial charge < -0.3 is 4.90 Å². The van der Waals surface area contributed by atoms with Crippen molar-refractivity contribution in [3.63, 3.8) is 0 Å². The van der Waals surface area contributed by atoms with Gasteiger partial charge in [-0.1, -0.05) is 61.7 Å². The fraction of sp³-hybridized carbons (Fsp3) is 0.188. The zero-order valence-electron chi connectivity index (χ0n) is 11.4. The van der Waals surface area contributed by atoms with E-state index in [1.807, 2.05) is 25.2 Å². The van der Waals surface area contributed by atoms with Crippen molar-refractivity contribution in [3.05, 3.63) is 68.1 Å². The molecular weight excluding hydrogens is 382 g/mol. The van der Waals surface area contributed by atoms with Gasteiger partial charge in [-0.25, -0.2) is 0 Å². The number of amides is 1. The Balaban J connectivity index is 2.14. The molecule has 4 heteroatoms. The molecule has 2 aromatic carbocycles. The summed E-state index contributed by atoms with van der Waals surface area (Å²) in [5.74, 6) is 0.00701. The van der Waals surface area contributed by atoms with E-state index in [0.29, 0.717) is 12.1 Å². The second-order valence-electron chi connectivity index (χ2n) is 4.80. The number of nitrogens with zero attached hydrogens (tertiary/aromatic N) is 1. The van der Waals surface area contributed by atoms with Crippen molar-refractivity contribution in [2.24, 2.45) is 0 Å². The van der Waals surface area contributed by atoms with Crippen LogP contribution >= 0.6 is 31.9 Å². The molecule has 0 bridgehead atoms. The number of carbonyl (C=O) groups excluding carboxylic acids is 1. The Labute approximate surface area is 136 Å². The minimum Gasteiger partial charge on any atom is -0.337 e. The Hall–Kier alpha value is -1.13. The lowest BCUT2D eigenvalue weighted by Crippen LogP contribution is -2.26. The second-order valence-corrected chi connectivity index (χ2v) is 6.64. The van der Waals surface area contributed by atoms with Crippen LogP contribution in [0.1, 0.15) is 21.5 Å². The lowest BCUT2D eigenvalue weighted by Gasteiger charge is -2.18. The Morgan fingerprint density at radius 3 is 2.15 bits per heavy atom. The van der Waals surface area contributed by atoms with E-state index in [0.717, 1.165) is 14.5 Å². The first-order valence-corrected chi connectivity index (χ1v) is 7.81. The van der Waals surface area contributed by atoms with Crippen LogP contribution in [-0.2, 0) is 6.54 Å². The average molecular weight is 397 g/mol. The number of benzene rings is 2. The maximum Gasteiger partial charge on any atom is 0.253 e. The summed E-state index contributed by atoms with van der Waals surface area (Å²) in [6.45, 7) is 2.65. The maximum atomic E-state index is 12.4. The molecule has 0 aliphatic rings. The highest BCUT2D eigenvalue weighted by Gasteiger charge is 2.13. The quantitative estimate of drug-likeness (QED) is 0.730. The van der Waals surface area contributed by atoms with Crippen molar-refractivity contribution < 1.29 is 4.79 Å². The van der Waals surface area contributed by atoms with Crippen LogP contribution in [0.5, 0.6) is 0 Å². The molecular formula is C16H15Br2NO.